The van der Waals surface area contributed by atoms with Crippen LogP contribution in [-0.2, 0) is 4.74 Å². The first-order valence-corrected chi connectivity index (χ1v) is 8.01. The lowest BCUT2D eigenvalue weighted by atomic mass is 10.0. The third-order valence-corrected chi connectivity index (χ3v) is 3.34. The average Bonchev–Trinajstić information content (AvgIpc) is 2.92. The van der Waals surface area contributed by atoms with Gasteiger partial charge in [0.2, 0.25) is 0 Å². The highest BCUT2D eigenvalue weighted by molar-refractivity contribution is 5.89. The van der Waals surface area contributed by atoms with Gasteiger partial charge >= 0.3 is 5.97 Å². The van der Waals surface area contributed by atoms with Crippen LogP contribution in [0.25, 0.3) is 0 Å². The SMILES string of the molecule is CC(C)(C)OC(=O)c1ccc(F)cc1.CCC[C@H]1CCNC1. The van der Waals surface area contributed by atoms with E-state index in [0.29, 0.717) is 5.56 Å². The van der Waals surface area contributed by atoms with E-state index in [1.54, 1.807) is 20.8 Å². The van der Waals surface area contributed by atoms with Crippen LogP contribution in [0.2, 0.25) is 0 Å². The van der Waals surface area contributed by atoms with Crippen LogP contribution < -0.4 is 5.32 Å². The van der Waals surface area contributed by atoms with Crippen molar-refractivity contribution in [2.24, 2.45) is 5.92 Å². The lowest BCUT2D eigenvalue weighted by molar-refractivity contribution is 0.00695. The Morgan fingerprint density at radius 2 is 1.95 bits per heavy atom. The molecule has 1 aliphatic heterocycles. The molecule has 1 aromatic carbocycles. The summed E-state index contributed by atoms with van der Waals surface area (Å²) < 4.78 is 17.6. The second kappa shape index (κ2) is 8.89. The van der Waals surface area contributed by atoms with Gasteiger partial charge in [0.15, 0.2) is 0 Å². The molecule has 1 fully saturated rings. The van der Waals surface area contributed by atoms with Crippen LogP contribution in [0.15, 0.2) is 24.3 Å². The van der Waals surface area contributed by atoms with Crippen molar-refractivity contribution in [3.05, 3.63) is 35.6 Å². The summed E-state index contributed by atoms with van der Waals surface area (Å²) in [5.41, 5.74) is -0.160. The first-order valence-electron chi connectivity index (χ1n) is 8.01. The number of hydrogen-bond donors (Lipinski definition) is 1. The Labute approximate surface area is 133 Å². The van der Waals surface area contributed by atoms with Gasteiger partial charge in [-0.15, -0.1) is 0 Å². The summed E-state index contributed by atoms with van der Waals surface area (Å²) in [6, 6.07) is 5.28. The zero-order chi connectivity index (χ0) is 16.6. The molecule has 0 saturated carbocycles. The van der Waals surface area contributed by atoms with E-state index in [9.17, 15) is 9.18 Å². The quantitative estimate of drug-likeness (QED) is 0.851. The topological polar surface area (TPSA) is 38.3 Å². The summed E-state index contributed by atoms with van der Waals surface area (Å²) in [4.78, 5) is 11.4. The van der Waals surface area contributed by atoms with Gasteiger partial charge in [0.25, 0.3) is 0 Å². The van der Waals surface area contributed by atoms with E-state index in [0.717, 1.165) is 5.92 Å². The molecule has 0 aliphatic carbocycles. The normalized spacial score (nSPS) is 17.6. The minimum atomic E-state index is -0.522. The molecular weight excluding hydrogens is 281 g/mol. The maximum Gasteiger partial charge on any atom is 0.338 e. The molecule has 22 heavy (non-hydrogen) atoms. The molecule has 3 nitrogen and oxygen atoms in total. The molecule has 1 aromatic rings. The minimum absolute atomic E-state index is 0.362. The molecule has 2 rings (SSSR count). The average molecular weight is 309 g/mol. The van der Waals surface area contributed by atoms with Crippen molar-refractivity contribution in [2.45, 2.75) is 52.6 Å². The summed E-state index contributed by atoms with van der Waals surface area (Å²) >= 11 is 0. The van der Waals surface area contributed by atoms with E-state index >= 15 is 0 Å². The van der Waals surface area contributed by atoms with Crippen molar-refractivity contribution in [3.63, 3.8) is 0 Å². The zero-order valence-corrected chi connectivity index (χ0v) is 14.1. The molecule has 0 amide bonds. The molecule has 1 aliphatic rings. The van der Waals surface area contributed by atoms with Gasteiger partial charge in [-0.05, 0) is 76.9 Å². The number of halogens is 1. The standard InChI is InChI=1S/C11H13FO2.C7H15N/c1-11(2,3)14-10(13)8-4-6-9(12)7-5-8;1-2-3-7-4-5-8-6-7/h4-7H,1-3H3;7-8H,2-6H2,1H3/t;7-/m.0/s1. The van der Waals surface area contributed by atoms with E-state index in [4.69, 9.17) is 4.74 Å². The fraction of sp³-hybridized carbons (Fsp3) is 0.611. The van der Waals surface area contributed by atoms with Crippen LogP contribution in [0, 0.1) is 11.7 Å². The number of benzene rings is 1. The number of carbonyl (C=O) groups is 1. The Hall–Kier alpha value is -1.42. The maximum absolute atomic E-state index is 12.5. The summed E-state index contributed by atoms with van der Waals surface area (Å²) in [6.07, 6.45) is 4.19. The molecule has 1 atom stereocenters. The van der Waals surface area contributed by atoms with Crippen molar-refractivity contribution in [1.29, 1.82) is 0 Å². The monoisotopic (exact) mass is 309 g/mol. The lowest BCUT2D eigenvalue weighted by Gasteiger charge is -2.19. The zero-order valence-electron chi connectivity index (χ0n) is 14.1. The van der Waals surface area contributed by atoms with Crippen molar-refractivity contribution in [2.75, 3.05) is 13.1 Å². The number of rotatable bonds is 3. The van der Waals surface area contributed by atoms with E-state index in [1.165, 1.54) is 56.6 Å². The van der Waals surface area contributed by atoms with Crippen molar-refractivity contribution in [1.82, 2.24) is 5.32 Å². The Bertz CT molecular complexity index is 445. The smallest absolute Gasteiger partial charge is 0.338 e. The molecule has 0 radical (unpaired) electrons. The van der Waals surface area contributed by atoms with Crippen molar-refractivity contribution in [3.8, 4) is 0 Å². The van der Waals surface area contributed by atoms with E-state index in [-0.39, 0.29) is 5.82 Å². The fourth-order valence-electron chi connectivity index (χ4n) is 2.29. The number of ether oxygens (including phenoxy) is 1. The van der Waals surface area contributed by atoms with Gasteiger partial charge in [0.1, 0.15) is 11.4 Å². The van der Waals surface area contributed by atoms with Crippen LogP contribution in [0.4, 0.5) is 4.39 Å². The summed E-state index contributed by atoms with van der Waals surface area (Å²) in [6.45, 7) is 10.1. The molecule has 1 saturated heterocycles. The Balaban J connectivity index is 0.000000255. The molecule has 1 heterocycles. The van der Waals surface area contributed by atoms with Crippen LogP contribution >= 0.6 is 0 Å². The molecule has 4 heteroatoms. The Morgan fingerprint density at radius 1 is 1.32 bits per heavy atom. The van der Waals surface area contributed by atoms with Crippen LogP contribution in [-0.4, -0.2) is 24.7 Å². The van der Waals surface area contributed by atoms with Crippen molar-refractivity contribution < 1.29 is 13.9 Å². The Kier molecular flexibility index (Phi) is 7.52. The van der Waals surface area contributed by atoms with Gasteiger partial charge < -0.3 is 10.1 Å². The molecule has 0 bridgehead atoms. The Morgan fingerprint density at radius 3 is 2.41 bits per heavy atom. The van der Waals surface area contributed by atoms with Gasteiger partial charge in [-0.25, -0.2) is 9.18 Å². The molecule has 0 spiro atoms. The van der Waals surface area contributed by atoms with E-state index < -0.39 is 11.6 Å². The van der Waals surface area contributed by atoms with E-state index in [2.05, 4.69) is 12.2 Å². The first kappa shape index (κ1) is 18.6. The molecule has 1 N–H and O–H groups in total. The fourth-order valence-corrected chi connectivity index (χ4v) is 2.29. The number of carbonyl (C=O) groups excluding carboxylic acids is 1. The highest BCUT2D eigenvalue weighted by atomic mass is 19.1. The molecule has 0 unspecified atom stereocenters. The number of nitrogens with one attached hydrogen (secondary N) is 1. The third-order valence-electron chi connectivity index (χ3n) is 3.34. The molecule has 0 aromatic heterocycles. The van der Waals surface area contributed by atoms with Gasteiger partial charge in [-0.3, -0.25) is 0 Å². The van der Waals surface area contributed by atoms with E-state index in [1.807, 2.05) is 0 Å². The third kappa shape index (κ3) is 7.55. The molecule has 124 valence electrons. The maximum atomic E-state index is 12.5. The second-order valence-corrected chi connectivity index (χ2v) is 6.66. The summed E-state index contributed by atoms with van der Waals surface area (Å²) in [7, 11) is 0. The van der Waals surface area contributed by atoms with Crippen LogP contribution in [0.1, 0.15) is 57.3 Å². The van der Waals surface area contributed by atoms with Gasteiger partial charge in [0.05, 0.1) is 5.56 Å². The largest absolute Gasteiger partial charge is 0.456 e. The summed E-state index contributed by atoms with van der Waals surface area (Å²) in [5, 5.41) is 3.36. The van der Waals surface area contributed by atoms with Crippen LogP contribution in [0.3, 0.4) is 0 Å². The van der Waals surface area contributed by atoms with Crippen LogP contribution in [0.5, 0.6) is 0 Å². The lowest BCUT2D eigenvalue weighted by Crippen LogP contribution is -2.23. The highest BCUT2D eigenvalue weighted by Crippen LogP contribution is 2.13. The predicted molar refractivity (Wildman–Crippen MR) is 87.5 cm³/mol. The van der Waals surface area contributed by atoms with Gasteiger partial charge in [-0.1, -0.05) is 13.3 Å². The van der Waals surface area contributed by atoms with Gasteiger partial charge in [0, 0.05) is 0 Å². The number of esters is 1. The summed E-state index contributed by atoms with van der Waals surface area (Å²) in [5.74, 6) is 0.204. The molecular formula is C18H28FNO2. The predicted octanol–water partition coefficient (Wildman–Crippen LogP) is 4.18. The number of hydrogen-bond acceptors (Lipinski definition) is 3. The van der Waals surface area contributed by atoms with Crippen molar-refractivity contribution >= 4 is 5.97 Å². The minimum Gasteiger partial charge on any atom is -0.456 e. The first-order chi connectivity index (χ1) is 10.3. The second-order valence-electron chi connectivity index (χ2n) is 6.66. The van der Waals surface area contributed by atoms with Gasteiger partial charge in [-0.2, -0.15) is 0 Å². The highest BCUT2D eigenvalue weighted by Gasteiger charge is 2.17.